The molecule has 0 radical (unpaired) electrons. The zero-order valence-electron chi connectivity index (χ0n) is 9.54. The van der Waals surface area contributed by atoms with Crippen LogP contribution in [0.15, 0.2) is 12.2 Å². The average molecular weight is 254 g/mol. The summed E-state index contributed by atoms with van der Waals surface area (Å²) in [5, 5.41) is 0. The molecule has 0 fully saturated rings. The molecule has 0 bridgehead atoms. The lowest BCUT2D eigenvalue weighted by Gasteiger charge is -2.22. The SMILES string of the molecule is C=C(C(N)=O)C(CC)N(C)C.O=S(=O)(O)O. The number of rotatable bonds is 4. The minimum Gasteiger partial charge on any atom is -0.366 e. The van der Waals surface area contributed by atoms with Crippen LogP contribution in [0.5, 0.6) is 0 Å². The van der Waals surface area contributed by atoms with Gasteiger partial charge in [0, 0.05) is 11.6 Å². The summed E-state index contributed by atoms with van der Waals surface area (Å²) >= 11 is 0. The maximum Gasteiger partial charge on any atom is 0.394 e. The van der Waals surface area contributed by atoms with Crippen LogP contribution in [0.3, 0.4) is 0 Å². The van der Waals surface area contributed by atoms with Crippen molar-refractivity contribution in [3.05, 3.63) is 12.2 Å². The van der Waals surface area contributed by atoms with Gasteiger partial charge in [0.25, 0.3) is 0 Å². The molecule has 0 aromatic rings. The third-order valence-electron chi connectivity index (χ3n) is 1.73. The van der Waals surface area contributed by atoms with Crippen LogP contribution in [0.2, 0.25) is 0 Å². The van der Waals surface area contributed by atoms with Gasteiger partial charge in [0.05, 0.1) is 0 Å². The van der Waals surface area contributed by atoms with Crippen LogP contribution in [0.1, 0.15) is 13.3 Å². The van der Waals surface area contributed by atoms with Gasteiger partial charge in [-0.3, -0.25) is 13.9 Å². The third-order valence-corrected chi connectivity index (χ3v) is 1.73. The molecule has 1 amide bonds. The second kappa shape index (κ2) is 7.34. The molecule has 0 aromatic carbocycles. The summed E-state index contributed by atoms with van der Waals surface area (Å²) in [6, 6.07) is 0.0764. The molecule has 96 valence electrons. The van der Waals surface area contributed by atoms with Crippen LogP contribution in [0, 0.1) is 0 Å². The minimum atomic E-state index is -4.67. The first-order valence-electron chi connectivity index (χ1n) is 4.35. The van der Waals surface area contributed by atoms with Crippen LogP contribution in [-0.4, -0.2) is 48.5 Å². The average Bonchev–Trinajstić information content (AvgIpc) is 2.00. The second-order valence-corrected chi connectivity index (χ2v) is 4.12. The standard InChI is InChI=1S/C8H16N2O.H2O4S/c1-5-7(10(3)4)6(2)8(9)11;1-5(2,3)4/h7H,2,5H2,1,3-4H3,(H2,9,11);(H2,1,2,3,4). The lowest BCUT2D eigenvalue weighted by Crippen LogP contribution is -2.34. The summed E-state index contributed by atoms with van der Waals surface area (Å²) in [7, 11) is -0.857. The van der Waals surface area contributed by atoms with Gasteiger partial charge in [-0.25, -0.2) is 0 Å². The molecule has 0 spiro atoms. The van der Waals surface area contributed by atoms with Crippen molar-refractivity contribution in [3.8, 4) is 0 Å². The highest BCUT2D eigenvalue weighted by Crippen LogP contribution is 2.08. The van der Waals surface area contributed by atoms with Gasteiger partial charge in [-0.1, -0.05) is 13.5 Å². The Bertz CT molecular complexity index is 328. The number of hydrogen-bond donors (Lipinski definition) is 3. The van der Waals surface area contributed by atoms with Gasteiger partial charge in [0.15, 0.2) is 0 Å². The van der Waals surface area contributed by atoms with E-state index >= 15 is 0 Å². The highest BCUT2D eigenvalue weighted by Gasteiger charge is 2.16. The van der Waals surface area contributed by atoms with Gasteiger partial charge < -0.3 is 10.6 Å². The molecular weight excluding hydrogens is 236 g/mol. The Morgan fingerprint density at radius 2 is 1.75 bits per heavy atom. The Hall–Kier alpha value is -0.960. The molecule has 0 saturated carbocycles. The van der Waals surface area contributed by atoms with E-state index in [0.717, 1.165) is 6.42 Å². The maximum atomic E-state index is 10.7. The van der Waals surface area contributed by atoms with Crippen molar-refractivity contribution in [1.82, 2.24) is 4.90 Å². The van der Waals surface area contributed by atoms with E-state index in [2.05, 4.69) is 6.58 Å². The molecule has 0 rings (SSSR count). The smallest absolute Gasteiger partial charge is 0.366 e. The molecule has 8 heteroatoms. The van der Waals surface area contributed by atoms with Gasteiger partial charge >= 0.3 is 10.4 Å². The Labute approximate surface area is 95.5 Å². The van der Waals surface area contributed by atoms with Crippen molar-refractivity contribution in [1.29, 1.82) is 0 Å². The van der Waals surface area contributed by atoms with E-state index in [4.69, 9.17) is 23.3 Å². The maximum absolute atomic E-state index is 10.7. The van der Waals surface area contributed by atoms with Crippen LogP contribution in [-0.2, 0) is 15.2 Å². The molecule has 0 aliphatic heterocycles. The number of carbonyl (C=O) groups excluding carboxylic acids is 1. The first-order valence-corrected chi connectivity index (χ1v) is 5.75. The van der Waals surface area contributed by atoms with E-state index in [1.165, 1.54) is 0 Å². The van der Waals surface area contributed by atoms with Gasteiger partial charge in [-0.2, -0.15) is 8.42 Å². The van der Waals surface area contributed by atoms with Crippen LogP contribution < -0.4 is 5.73 Å². The van der Waals surface area contributed by atoms with Crippen molar-refractivity contribution in [2.75, 3.05) is 14.1 Å². The predicted octanol–water partition coefficient (Wildman–Crippen LogP) is -0.285. The second-order valence-electron chi connectivity index (χ2n) is 3.22. The van der Waals surface area contributed by atoms with Crippen molar-refractivity contribution in [3.63, 3.8) is 0 Å². The van der Waals surface area contributed by atoms with Crippen molar-refractivity contribution in [2.45, 2.75) is 19.4 Å². The number of primary amides is 1. The largest absolute Gasteiger partial charge is 0.394 e. The van der Waals surface area contributed by atoms with Gasteiger partial charge in [-0.15, -0.1) is 0 Å². The molecule has 0 heterocycles. The first kappa shape index (κ1) is 17.4. The Kier molecular flexibility index (Phi) is 7.99. The topological polar surface area (TPSA) is 121 Å². The van der Waals surface area contributed by atoms with Crippen molar-refractivity contribution in [2.24, 2.45) is 5.73 Å². The lowest BCUT2D eigenvalue weighted by atomic mass is 10.1. The van der Waals surface area contributed by atoms with E-state index in [1.807, 2.05) is 25.9 Å². The highest BCUT2D eigenvalue weighted by atomic mass is 32.3. The summed E-state index contributed by atoms with van der Waals surface area (Å²) in [6.45, 7) is 5.63. The van der Waals surface area contributed by atoms with Gasteiger partial charge in [-0.05, 0) is 20.5 Å². The molecule has 7 nitrogen and oxygen atoms in total. The van der Waals surface area contributed by atoms with E-state index in [9.17, 15) is 4.79 Å². The van der Waals surface area contributed by atoms with Crippen LogP contribution in [0.4, 0.5) is 0 Å². The van der Waals surface area contributed by atoms with Crippen LogP contribution >= 0.6 is 0 Å². The zero-order chi connectivity index (χ0) is 13.5. The fourth-order valence-electron chi connectivity index (χ4n) is 1.09. The molecule has 0 aliphatic rings. The molecule has 16 heavy (non-hydrogen) atoms. The van der Waals surface area contributed by atoms with Gasteiger partial charge in [0.2, 0.25) is 5.91 Å². The minimum absolute atomic E-state index is 0.0764. The Balaban J connectivity index is 0. The molecular formula is C8H18N2O5S. The molecule has 0 aromatic heterocycles. The summed E-state index contributed by atoms with van der Waals surface area (Å²) in [4.78, 5) is 12.6. The molecule has 1 unspecified atom stereocenters. The molecule has 4 N–H and O–H groups in total. The van der Waals surface area contributed by atoms with Crippen LogP contribution in [0.25, 0.3) is 0 Å². The summed E-state index contributed by atoms with van der Waals surface area (Å²) in [5.41, 5.74) is 5.57. The summed E-state index contributed by atoms with van der Waals surface area (Å²) < 4.78 is 31.6. The highest BCUT2D eigenvalue weighted by molar-refractivity contribution is 7.79. The Morgan fingerprint density at radius 1 is 1.44 bits per heavy atom. The number of nitrogens with zero attached hydrogens (tertiary/aromatic N) is 1. The quantitative estimate of drug-likeness (QED) is 0.468. The lowest BCUT2D eigenvalue weighted by molar-refractivity contribution is -0.115. The number of likely N-dealkylation sites (N-methyl/N-ethyl adjacent to an activating group) is 1. The Morgan fingerprint density at radius 3 is 1.81 bits per heavy atom. The first-order chi connectivity index (χ1) is 7.00. The monoisotopic (exact) mass is 254 g/mol. The fourth-order valence-corrected chi connectivity index (χ4v) is 1.09. The molecule has 0 aliphatic carbocycles. The molecule has 0 saturated heterocycles. The van der Waals surface area contributed by atoms with E-state index in [0.29, 0.717) is 5.57 Å². The van der Waals surface area contributed by atoms with Crippen molar-refractivity contribution < 1.29 is 22.3 Å². The normalized spacial score (nSPS) is 12.6. The van der Waals surface area contributed by atoms with E-state index < -0.39 is 16.3 Å². The number of nitrogens with two attached hydrogens (primary N) is 1. The number of amides is 1. The number of carbonyl (C=O) groups is 1. The van der Waals surface area contributed by atoms with E-state index in [1.54, 1.807) is 0 Å². The fraction of sp³-hybridized carbons (Fsp3) is 0.625. The number of hydrogen-bond acceptors (Lipinski definition) is 4. The summed E-state index contributed by atoms with van der Waals surface area (Å²) in [5.74, 6) is -0.412. The summed E-state index contributed by atoms with van der Waals surface area (Å²) in [6.07, 6.45) is 0.856. The van der Waals surface area contributed by atoms with E-state index in [-0.39, 0.29) is 6.04 Å². The third kappa shape index (κ3) is 11.1. The van der Waals surface area contributed by atoms with Gasteiger partial charge in [0.1, 0.15) is 0 Å². The molecule has 1 atom stereocenters. The predicted molar refractivity (Wildman–Crippen MR) is 60.3 cm³/mol. The van der Waals surface area contributed by atoms with Crippen molar-refractivity contribution >= 4 is 16.3 Å². The zero-order valence-corrected chi connectivity index (χ0v) is 10.4.